The van der Waals surface area contributed by atoms with Gasteiger partial charge in [-0.1, -0.05) is 0 Å². The Kier molecular flexibility index (Phi) is 6.30. The molecule has 8 heteroatoms. The molecule has 27 heavy (non-hydrogen) atoms. The number of alkyl carbamates (subject to hydrolysis) is 1. The number of benzene rings is 1. The second-order valence-electron chi connectivity index (χ2n) is 7.24. The molecule has 0 bridgehead atoms. The summed E-state index contributed by atoms with van der Waals surface area (Å²) in [5.41, 5.74) is -0.366. The summed E-state index contributed by atoms with van der Waals surface area (Å²) in [6.07, 6.45) is 0.665. The first-order valence-corrected chi connectivity index (χ1v) is 8.59. The molecule has 1 aromatic rings. The molecule has 2 rings (SSSR count). The van der Waals surface area contributed by atoms with Gasteiger partial charge in [0.1, 0.15) is 17.5 Å². The van der Waals surface area contributed by atoms with Gasteiger partial charge in [-0.2, -0.15) is 0 Å². The second-order valence-corrected chi connectivity index (χ2v) is 7.24. The van der Waals surface area contributed by atoms with Crippen LogP contribution in [0, 0.1) is 0 Å². The van der Waals surface area contributed by atoms with E-state index >= 15 is 0 Å². The van der Waals surface area contributed by atoms with Crippen LogP contribution in [0.25, 0.3) is 0 Å². The monoisotopic (exact) mass is 379 g/mol. The van der Waals surface area contributed by atoms with Gasteiger partial charge >= 0.3 is 18.0 Å². The molecule has 1 aliphatic carbocycles. The number of esters is 2. The molecular weight excluding hydrogens is 354 g/mol. The highest BCUT2D eigenvalue weighted by molar-refractivity contribution is 6.03. The molecule has 0 unspecified atom stereocenters. The smallest absolute Gasteiger partial charge is 0.407 e. The van der Waals surface area contributed by atoms with E-state index in [0.717, 1.165) is 0 Å². The van der Waals surface area contributed by atoms with Gasteiger partial charge < -0.3 is 24.3 Å². The minimum absolute atomic E-state index is 0.0285. The Hall–Kier alpha value is -2.77. The van der Waals surface area contributed by atoms with E-state index in [9.17, 15) is 14.4 Å². The maximum absolute atomic E-state index is 11.9. The zero-order valence-electron chi connectivity index (χ0n) is 16.2. The molecule has 0 heterocycles. The first-order valence-electron chi connectivity index (χ1n) is 8.59. The zero-order valence-corrected chi connectivity index (χ0v) is 16.2. The van der Waals surface area contributed by atoms with Crippen LogP contribution in [0.15, 0.2) is 18.2 Å². The van der Waals surface area contributed by atoms with Gasteiger partial charge in [-0.25, -0.2) is 14.4 Å². The van der Waals surface area contributed by atoms with Crippen molar-refractivity contribution in [3.05, 3.63) is 29.3 Å². The van der Waals surface area contributed by atoms with Crippen molar-refractivity contribution in [1.29, 1.82) is 0 Å². The summed E-state index contributed by atoms with van der Waals surface area (Å²) in [5.74, 6) is -0.852. The third-order valence-corrected chi connectivity index (χ3v) is 3.92. The van der Waals surface area contributed by atoms with Crippen LogP contribution < -0.4 is 10.1 Å². The summed E-state index contributed by atoms with van der Waals surface area (Å²) in [4.78, 5) is 35.4. The molecule has 1 aromatic carbocycles. The number of nitrogens with one attached hydrogen (secondary N) is 1. The topological polar surface area (TPSA) is 100 Å². The molecule has 1 saturated carbocycles. The summed E-state index contributed by atoms with van der Waals surface area (Å²) in [6, 6.07) is 4.47. The Morgan fingerprint density at radius 2 is 1.59 bits per heavy atom. The highest BCUT2D eigenvalue weighted by Crippen LogP contribution is 2.28. The zero-order chi connectivity index (χ0) is 20.2. The minimum atomic E-state index is -0.654. The van der Waals surface area contributed by atoms with Crippen LogP contribution in [-0.2, 0) is 14.2 Å². The van der Waals surface area contributed by atoms with Gasteiger partial charge in [0.2, 0.25) is 0 Å². The Morgan fingerprint density at radius 1 is 1.00 bits per heavy atom. The Morgan fingerprint density at radius 3 is 2.15 bits per heavy atom. The van der Waals surface area contributed by atoms with Crippen molar-refractivity contribution in [3.63, 3.8) is 0 Å². The fraction of sp³-hybridized carbons (Fsp3) is 0.526. The number of carbonyl (C=O) groups excluding carboxylic acids is 3. The molecule has 0 aliphatic heterocycles. The van der Waals surface area contributed by atoms with Gasteiger partial charge in [-0.3, -0.25) is 0 Å². The maximum atomic E-state index is 11.9. The Bertz CT molecular complexity index is 717. The van der Waals surface area contributed by atoms with E-state index in [4.69, 9.17) is 14.2 Å². The van der Waals surface area contributed by atoms with Crippen LogP contribution in [0.5, 0.6) is 5.75 Å². The molecule has 0 aromatic heterocycles. The average molecular weight is 379 g/mol. The molecule has 1 fully saturated rings. The van der Waals surface area contributed by atoms with Gasteiger partial charge in [0.05, 0.1) is 25.3 Å². The summed E-state index contributed by atoms with van der Waals surface area (Å²) in [5, 5.41) is 2.78. The van der Waals surface area contributed by atoms with Gasteiger partial charge in [-0.05, 0) is 39.0 Å². The number of amides is 1. The van der Waals surface area contributed by atoms with Gasteiger partial charge in [0, 0.05) is 18.9 Å². The van der Waals surface area contributed by atoms with Crippen LogP contribution in [0.1, 0.15) is 54.3 Å². The fourth-order valence-corrected chi connectivity index (χ4v) is 2.61. The van der Waals surface area contributed by atoms with Crippen molar-refractivity contribution >= 4 is 18.0 Å². The molecule has 8 nitrogen and oxygen atoms in total. The van der Waals surface area contributed by atoms with Crippen LogP contribution >= 0.6 is 0 Å². The van der Waals surface area contributed by atoms with E-state index in [0.29, 0.717) is 18.6 Å². The maximum Gasteiger partial charge on any atom is 0.407 e. The number of methoxy groups -OCH3 is 2. The lowest BCUT2D eigenvalue weighted by molar-refractivity contribution is 0.0361. The lowest BCUT2D eigenvalue weighted by Crippen LogP contribution is -2.50. The molecular formula is C19H25NO7. The quantitative estimate of drug-likeness (QED) is 0.620. The van der Waals surface area contributed by atoms with Crippen LogP contribution in [0.3, 0.4) is 0 Å². The van der Waals surface area contributed by atoms with E-state index in [1.54, 1.807) is 26.8 Å². The summed E-state index contributed by atoms with van der Waals surface area (Å²) in [7, 11) is 2.47. The Balaban J connectivity index is 1.94. The molecule has 1 amide bonds. The third kappa shape index (κ3) is 5.60. The number of ether oxygens (including phenoxy) is 4. The van der Waals surface area contributed by atoms with E-state index in [1.807, 2.05) is 0 Å². The van der Waals surface area contributed by atoms with Gasteiger partial charge in [0.15, 0.2) is 0 Å². The van der Waals surface area contributed by atoms with Crippen molar-refractivity contribution in [3.8, 4) is 5.75 Å². The summed E-state index contributed by atoms with van der Waals surface area (Å²) >= 11 is 0. The van der Waals surface area contributed by atoms with E-state index in [1.165, 1.54) is 26.4 Å². The van der Waals surface area contributed by atoms with Crippen LogP contribution in [0.2, 0.25) is 0 Å². The molecule has 0 radical (unpaired) electrons. The molecule has 0 atom stereocenters. The normalized spacial score (nSPS) is 18.7. The van der Waals surface area contributed by atoms with Crippen LogP contribution in [0.4, 0.5) is 4.79 Å². The highest BCUT2D eigenvalue weighted by atomic mass is 16.6. The van der Waals surface area contributed by atoms with Crippen molar-refractivity contribution in [2.45, 2.75) is 51.4 Å². The lowest BCUT2D eigenvalue weighted by Gasteiger charge is -2.36. The number of hydrogen-bond donors (Lipinski definition) is 1. The van der Waals surface area contributed by atoms with Crippen molar-refractivity contribution in [2.75, 3.05) is 14.2 Å². The van der Waals surface area contributed by atoms with Crippen molar-refractivity contribution < 1.29 is 33.3 Å². The SMILES string of the molecule is COC(=O)c1ccc(OC2CC(NC(=O)OC(C)(C)C)C2)cc1C(=O)OC. The molecule has 1 N–H and O–H groups in total. The average Bonchev–Trinajstić information content (AvgIpc) is 2.56. The number of hydrogen-bond acceptors (Lipinski definition) is 7. The second kappa shape index (κ2) is 8.28. The minimum Gasteiger partial charge on any atom is -0.490 e. The first-order chi connectivity index (χ1) is 12.6. The highest BCUT2D eigenvalue weighted by Gasteiger charge is 2.33. The predicted molar refractivity (Wildman–Crippen MR) is 95.9 cm³/mol. The van der Waals surface area contributed by atoms with E-state index < -0.39 is 23.6 Å². The fourth-order valence-electron chi connectivity index (χ4n) is 2.61. The third-order valence-electron chi connectivity index (χ3n) is 3.92. The summed E-state index contributed by atoms with van der Waals surface area (Å²) < 4.78 is 20.4. The molecule has 0 saturated heterocycles. The molecule has 0 spiro atoms. The standard InChI is InChI=1S/C19H25NO7/c1-19(2,3)27-18(23)20-11-8-13(9-11)26-12-6-7-14(16(21)24-4)15(10-12)17(22)25-5/h6-7,10-11,13H,8-9H2,1-5H3,(H,20,23). The lowest BCUT2D eigenvalue weighted by atomic mass is 9.89. The summed E-state index contributed by atoms with van der Waals surface area (Å²) in [6.45, 7) is 5.41. The van der Waals surface area contributed by atoms with E-state index in [2.05, 4.69) is 10.1 Å². The van der Waals surface area contributed by atoms with Gasteiger partial charge in [0.25, 0.3) is 0 Å². The van der Waals surface area contributed by atoms with E-state index in [-0.39, 0.29) is 23.3 Å². The number of carbonyl (C=O) groups is 3. The van der Waals surface area contributed by atoms with Crippen molar-refractivity contribution in [1.82, 2.24) is 5.32 Å². The number of rotatable bonds is 5. The Labute approximate surface area is 158 Å². The molecule has 1 aliphatic rings. The molecule has 148 valence electrons. The van der Waals surface area contributed by atoms with Gasteiger partial charge in [-0.15, -0.1) is 0 Å². The van der Waals surface area contributed by atoms with Crippen LogP contribution in [-0.4, -0.2) is 50.0 Å². The predicted octanol–water partition coefficient (Wildman–Crippen LogP) is 2.69. The largest absolute Gasteiger partial charge is 0.490 e. The van der Waals surface area contributed by atoms with Crippen molar-refractivity contribution in [2.24, 2.45) is 0 Å². The first kappa shape index (κ1) is 20.5.